The molecule has 0 spiro atoms. The Morgan fingerprint density at radius 1 is 1.19 bits per heavy atom. The van der Waals surface area contributed by atoms with Crippen LogP contribution in [0, 0.1) is 11.9 Å². The van der Waals surface area contributed by atoms with Gasteiger partial charge in [0, 0.05) is 18.7 Å². The Bertz CT molecular complexity index is 382. The molecule has 1 aromatic rings. The molecule has 1 aromatic heterocycles. The fourth-order valence-electron chi connectivity index (χ4n) is 3.17. The predicted octanol–water partition coefficient (Wildman–Crippen LogP) is 2.38. The van der Waals surface area contributed by atoms with Gasteiger partial charge >= 0.3 is 0 Å². The summed E-state index contributed by atoms with van der Waals surface area (Å²) in [6.07, 6.45) is 7.76. The molecule has 2 atom stereocenters. The molecule has 2 unspecified atom stereocenters. The normalized spacial score (nSPS) is 29.2. The van der Waals surface area contributed by atoms with Gasteiger partial charge in [0.15, 0.2) is 0 Å². The topological polar surface area (TPSA) is 29.0 Å². The van der Waals surface area contributed by atoms with Crippen LogP contribution >= 0.6 is 0 Å². The van der Waals surface area contributed by atoms with E-state index in [0.717, 1.165) is 18.3 Å². The summed E-state index contributed by atoms with van der Waals surface area (Å²) >= 11 is 0. The lowest BCUT2D eigenvalue weighted by Crippen LogP contribution is -2.35. The maximum absolute atomic E-state index is 13.1. The Balaban J connectivity index is 1.85. The largest absolute Gasteiger partial charge is 0.353 e. The SMILES string of the molecule is Fc1cc(N2CCC3CCCCC32)ncn1. The van der Waals surface area contributed by atoms with E-state index in [4.69, 9.17) is 0 Å². The smallest absolute Gasteiger partial charge is 0.218 e. The van der Waals surface area contributed by atoms with Crippen LogP contribution in [0.4, 0.5) is 10.2 Å². The molecule has 1 aliphatic heterocycles. The molecule has 0 aromatic carbocycles. The zero-order chi connectivity index (χ0) is 11.0. The third-order valence-corrected chi connectivity index (χ3v) is 3.92. The molecule has 2 fully saturated rings. The van der Waals surface area contributed by atoms with Crippen LogP contribution in [0.1, 0.15) is 32.1 Å². The Labute approximate surface area is 94.7 Å². The van der Waals surface area contributed by atoms with Crippen LogP contribution in [0.2, 0.25) is 0 Å². The summed E-state index contributed by atoms with van der Waals surface area (Å²) in [5.74, 6) is 1.14. The zero-order valence-electron chi connectivity index (χ0n) is 9.27. The molecule has 0 bridgehead atoms. The minimum atomic E-state index is -0.427. The standard InChI is InChI=1S/C12H16FN3/c13-11-7-12(15-8-14-11)16-6-5-9-3-1-2-4-10(9)16/h7-10H,1-6H2. The van der Waals surface area contributed by atoms with E-state index in [-0.39, 0.29) is 0 Å². The van der Waals surface area contributed by atoms with E-state index in [1.54, 1.807) is 0 Å². The van der Waals surface area contributed by atoms with Crippen molar-refractivity contribution < 1.29 is 4.39 Å². The van der Waals surface area contributed by atoms with Gasteiger partial charge in [-0.1, -0.05) is 12.8 Å². The van der Waals surface area contributed by atoms with Crippen molar-refractivity contribution in [3.05, 3.63) is 18.3 Å². The number of rotatable bonds is 1. The van der Waals surface area contributed by atoms with E-state index in [0.29, 0.717) is 6.04 Å². The Kier molecular flexibility index (Phi) is 2.50. The molecular formula is C12H16FN3. The fourth-order valence-corrected chi connectivity index (χ4v) is 3.17. The van der Waals surface area contributed by atoms with Crippen molar-refractivity contribution in [1.29, 1.82) is 0 Å². The van der Waals surface area contributed by atoms with Gasteiger partial charge < -0.3 is 4.90 Å². The predicted molar refractivity (Wildman–Crippen MR) is 59.7 cm³/mol. The summed E-state index contributed by atoms with van der Waals surface area (Å²) < 4.78 is 13.1. The van der Waals surface area contributed by atoms with E-state index in [9.17, 15) is 4.39 Å². The molecule has 2 aliphatic rings. The van der Waals surface area contributed by atoms with Crippen molar-refractivity contribution in [1.82, 2.24) is 9.97 Å². The van der Waals surface area contributed by atoms with Gasteiger partial charge in [0.25, 0.3) is 0 Å². The molecule has 1 aliphatic carbocycles. The van der Waals surface area contributed by atoms with Crippen molar-refractivity contribution in [2.75, 3.05) is 11.4 Å². The van der Waals surface area contributed by atoms with Crippen molar-refractivity contribution in [2.45, 2.75) is 38.1 Å². The number of anilines is 1. The van der Waals surface area contributed by atoms with Crippen molar-refractivity contribution >= 4 is 5.82 Å². The Morgan fingerprint density at radius 2 is 2.06 bits per heavy atom. The first-order valence-electron chi connectivity index (χ1n) is 6.09. The zero-order valence-corrected chi connectivity index (χ0v) is 9.27. The number of nitrogens with zero attached hydrogens (tertiary/aromatic N) is 3. The van der Waals surface area contributed by atoms with Crippen molar-refractivity contribution in [3.63, 3.8) is 0 Å². The molecule has 0 amide bonds. The van der Waals surface area contributed by atoms with Crippen LogP contribution in [-0.2, 0) is 0 Å². The fraction of sp³-hybridized carbons (Fsp3) is 0.667. The average Bonchev–Trinajstić information content (AvgIpc) is 2.72. The summed E-state index contributed by atoms with van der Waals surface area (Å²) in [5.41, 5.74) is 0. The minimum Gasteiger partial charge on any atom is -0.353 e. The first-order chi connectivity index (χ1) is 7.84. The van der Waals surface area contributed by atoms with Gasteiger partial charge in [0.1, 0.15) is 12.1 Å². The Hall–Kier alpha value is -1.19. The van der Waals surface area contributed by atoms with E-state index in [2.05, 4.69) is 14.9 Å². The summed E-state index contributed by atoms with van der Waals surface area (Å²) in [5, 5.41) is 0. The van der Waals surface area contributed by atoms with E-state index >= 15 is 0 Å². The highest BCUT2D eigenvalue weighted by molar-refractivity contribution is 5.40. The molecule has 2 heterocycles. The molecule has 0 radical (unpaired) electrons. The number of hydrogen-bond donors (Lipinski definition) is 0. The average molecular weight is 221 g/mol. The van der Waals surface area contributed by atoms with Crippen molar-refractivity contribution in [2.24, 2.45) is 5.92 Å². The highest BCUT2D eigenvalue weighted by Gasteiger charge is 2.36. The van der Waals surface area contributed by atoms with Gasteiger partial charge in [-0.05, 0) is 25.2 Å². The lowest BCUT2D eigenvalue weighted by molar-refractivity contribution is 0.341. The Morgan fingerprint density at radius 3 is 2.94 bits per heavy atom. The van der Waals surface area contributed by atoms with Crippen LogP contribution in [0.15, 0.2) is 12.4 Å². The monoisotopic (exact) mass is 221 g/mol. The van der Waals surface area contributed by atoms with Crippen LogP contribution in [-0.4, -0.2) is 22.6 Å². The van der Waals surface area contributed by atoms with Crippen molar-refractivity contribution in [3.8, 4) is 0 Å². The van der Waals surface area contributed by atoms with E-state index in [1.165, 1.54) is 44.5 Å². The molecule has 3 rings (SSSR count). The third kappa shape index (κ3) is 1.66. The first-order valence-corrected chi connectivity index (χ1v) is 6.09. The number of hydrogen-bond acceptors (Lipinski definition) is 3. The third-order valence-electron chi connectivity index (χ3n) is 3.92. The van der Waals surface area contributed by atoms with Gasteiger partial charge in [-0.25, -0.2) is 9.97 Å². The summed E-state index contributed by atoms with van der Waals surface area (Å²) in [6, 6.07) is 2.04. The quantitative estimate of drug-likeness (QED) is 0.682. The molecule has 3 nitrogen and oxygen atoms in total. The highest BCUT2D eigenvalue weighted by Crippen LogP contribution is 2.37. The second-order valence-electron chi connectivity index (χ2n) is 4.79. The molecule has 4 heteroatoms. The first kappa shape index (κ1) is 10.00. The number of aromatic nitrogens is 2. The lowest BCUT2D eigenvalue weighted by atomic mass is 9.85. The summed E-state index contributed by atoms with van der Waals surface area (Å²) in [6.45, 7) is 1.02. The number of fused-ring (bicyclic) bond motifs is 1. The van der Waals surface area contributed by atoms with Gasteiger partial charge in [0.2, 0.25) is 5.95 Å². The van der Waals surface area contributed by atoms with Crippen LogP contribution in [0.25, 0.3) is 0 Å². The molecule has 86 valence electrons. The van der Waals surface area contributed by atoms with E-state index in [1.807, 2.05) is 0 Å². The van der Waals surface area contributed by atoms with Gasteiger partial charge in [0.05, 0.1) is 0 Å². The maximum Gasteiger partial charge on any atom is 0.218 e. The maximum atomic E-state index is 13.1. The second kappa shape index (κ2) is 4.00. The molecular weight excluding hydrogens is 205 g/mol. The van der Waals surface area contributed by atoms with Gasteiger partial charge in [-0.15, -0.1) is 0 Å². The van der Waals surface area contributed by atoms with Crippen LogP contribution in [0.3, 0.4) is 0 Å². The van der Waals surface area contributed by atoms with Crippen LogP contribution < -0.4 is 4.90 Å². The van der Waals surface area contributed by atoms with E-state index < -0.39 is 5.95 Å². The molecule has 16 heavy (non-hydrogen) atoms. The lowest BCUT2D eigenvalue weighted by Gasteiger charge is -2.32. The second-order valence-corrected chi connectivity index (χ2v) is 4.79. The minimum absolute atomic E-state index is 0.427. The van der Waals surface area contributed by atoms with Gasteiger partial charge in [-0.2, -0.15) is 4.39 Å². The highest BCUT2D eigenvalue weighted by atomic mass is 19.1. The summed E-state index contributed by atoms with van der Waals surface area (Å²) in [4.78, 5) is 9.97. The van der Waals surface area contributed by atoms with Gasteiger partial charge in [-0.3, -0.25) is 0 Å². The molecule has 0 N–H and O–H groups in total. The molecule has 1 saturated heterocycles. The number of halogens is 1. The van der Waals surface area contributed by atoms with Crippen LogP contribution in [0.5, 0.6) is 0 Å². The molecule has 1 saturated carbocycles. The summed E-state index contributed by atoms with van der Waals surface area (Å²) in [7, 11) is 0.